The van der Waals surface area contributed by atoms with Crippen LogP contribution in [0.3, 0.4) is 0 Å². The molecular weight excluding hydrogens is 305 g/mol. The first-order valence-electron chi connectivity index (χ1n) is 7.04. The zero-order valence-electron chi connectivity index (χ0n) is 12.3. The van der Waals surface area contributed by atoms with Crippen molar-refractivity contribution in [1.82, 2.24) is 5.32 Å². The van der Waals surface area contributed by atoms with Gasteiger partial charge in [0.05, 0.1) is 0 Å². The Balaban J connectivity index is 2.47. The van der Waals surface area contributed by atoms with E-state index in [2.05, 4.69) is 48.9 Å². The summed E-state index contributed by atoms with van der Waals surface area (Å²) in [5.74, 6) is 1.68. The summed E-state index contributed by atoms with van der Waals surface area (Å²) in [5, 5.41) is 3.50. The monoisotopic (exact) mass is 329 g/mol. The van der Waals surface area contributed by atoms with Crippen molar-refractivity contribution in [3.05, 3.63) is 34.1 Å². The summed E-state index contributed by atoms with van der Waals surface area (Å²) in [6.07, 6.45) is 0.978. The van der Waals surface area contributed by atoms with E-state index in [1.807, 2.05) is 6.07 Å². The van der Waals surface area contributed by atoms with Crippen LogP contribution in [0.25, 0.3) is 0 Å². The van der Waals surface area contributed by atoms with Gasteiger partial charge in [0.2, 0.25) is 0 Å². The third-order valence-electron chi connectivity index (χ3n) is 3.55. The fourth-order valence-electron chi connectivity index (χ4n) is 2.04. The summed E-state index contributed by atoms with van der Waals surface area (Å²) in [4.78, 5) is 0. The first-order valence-corrected chi connectivity index (χ1v) is 7.84. The van der Waals surface area contributed by atoms with Crippen molar-refractivity contribution in [2.75, 3.05) is 13.1 Å². The lowest BCUT2D eigenvalue weighted by Crippen LogP contribution is -2.28. The van der Waals surface area contributed by atoms with E-state index in [0.717, 1.165) is 24.0 Å². The Morgan fingerprint density at radius 1 is 1.11 bits per heavy atom. The van der Waals surface area contributed by atoms with Crippen molar-refractivity contribution in [1.29, 1.82) is 0 Å². The van der Waals surface area contributed by atoms with Crippen LogP contribution in [-0.4, -0.2) is 13.1 Å². The maximum absolute atomic E-state index is 13.0. The molecule has 0 saturated carbocycles. The first-order chi connectivity index (χ1) is 8.90. The van der Waals surface area contributed by atoms with Crippen molar-refractivity contribution < 1.29 is 4.39 Å². The van der Waals surface area contributed by atoms with Gasteiger partial charge in [-0.3, -0.25) is 0 Å². The molecule has 1 N–H and O–H groups in total. The molecule has 1 rings (SSSR count). The highest BCUT2D eigenvalue weighted by atomic mass is 79.9. The molecule has 2 atom stereocenters. The number of benzene rings is 1. The van der Waals surface area contributed by atoms with Gasteiger partial charge in [-0.25, -0.2) is 4.39 Å². The molecule has 0 bridgehead atoms. The van der Waals surface area contributed by atoms with Gasteiger partial charge in [-0.15, -0.1) is 0 Å². The molecule has 0 aliphatic carbocycles. The second kappa shape index (κ2) is 8.01. The van der Waals surface area contributed by atoms with E-state index in [0.29, 0.717) is 17.8 Å². The van der Waals surface area contributed by atoms with Gasteiger partial charge in [-0.05, 0) is 55.0 Å². The number of nitrogens with one attached hydrogen (secondary N) is 1. The molecule has 0 spiro atoms. The minimum absolute atomic E-state index is 0.185. The van der Waals surface area contributed by atoms with E-state index in [4.69, 9.17) is 0 Å². The van der Waals surface area contributed by atoms with Crippen molar-refractivity contribution in [3.8, 4) is 0 Å². The minimum atomic E-state index is -0.185. The molecule has 1 aromatic carbocycles. The fourth-order valence-corrected chi connectivity index (χ4v) is 2.55. The molecule has 0 saturated heterocycles. The first kappa shape index (κ1) is 16.6. The Morgan fingerprint density at radius 3 is 2.37 bits per heavy atom. The molecule has 0 fully saturated rings. The van der Waals surface area contributed by atoms with Gasteiger partial charge in [0.25, 0.3) is 0 Å². The Labute approximate surface area is 125 Å². The smallest absolute Gasteiger partial charge is 0.124 e. The van der Waals surface area contributed by atoms with E-state index in [1.54, 1.807) is 6.07 Å². The number of rotatable bonds is 7. The maximum Gasteiger partial charge on any atom is 0.124 e. The molecule has 0 aliphatic rings. The second-order valence-corrected chi connectivity index (χ2v) is 6.80. The second-order valence-electron chi connectivity index (χ2n) is 5.95. The van der Waals surface area contributed by atoms with Crippen molar-refractivity contribution in [3.63, 3.8) is 0 Å². The molecular formula is C16H25BrFN. The van der Waals surface area contributed by atoms with Gasteiger partial charge >= 0.3 is 0 Å². The maximum atomic E-state index is 13.0. The predicted octanol–water partition coefficient (Wildman–Crippen LogP) is 4.65. The van der Waals surface area contributed by atoms with Gasteiger partial charge in [-0.2, -0.15) is 0 Å². The Bertz CT molecular complexity index is 392. The highest BCUT2D eigenvalue weighted by Gasteiger charge is 2.14. The van der Waals surface area contributed by atoms with Crippen molar-refractivity contribution in [2.45, 2.75) is 34.1 Å². The topological polar surface area (TPSA) is 12.0 Å². The lowest BCUT2D eigenvalue weighted by atomic mass is 9.89. The highest BCUT2D eigenvalue weighted by molar-refractivity contribution is 9.10. The molecule has 0 aliphatic heterocycles. The summed E-state index contributed by atoms with van der Waals surface area (Å²) in [7, 11) is 0. The molecule has 0 heterocycles. The van der Waals surface area contributed by atoms with Gasteiger partial charge in [0.1, 0.15) is 5.82 Å². The molecule has 1 nitrogen and oxygen atoms in total. The molecule has 108 valence electrons. The van der Waals surface area contributed by atoms with Gasteiger partial charge in [-0.1, -0.05) is 49.7 Å². The van der Waals surface area contributed by atoms with E-state index < -0.39 is 0 Å². The van der Waals surface area contributed by atoms with Crippen LogP contribution >= 0.6 is 15.9 Å². The summed E-state index contributed by atoms with van der Waals surface area (Å²) in [6.45, 7) is 11.1. The van der Waals surface area contributed by atoms with E-state index in [-0.39, 0.29) is 5.82 Å². The molecule has 0 radical (unpaired) electrons. The van der Waals surface area contributed by atoms with Gasteiger partial charge in [0.15, 0.2) is 0 Å². The quantitative estimate of drug-likeness (QED) is 0.767. The average Bonchev–Trinajstić information content (AvgIpc) is 2.32. The number of hydrogen-bond acceptors (Lipinski definition) is 1. The SMILES string of the molecule is CC(C)CNCC(C)C(C)Cc1ccc(F)cc1Br. The Kier molecular flexibility index (Phi) is 7.01. The third-order valence-corrected chi connectivity index (χ3v) is 4.29. The molecule has 0 aromatic heterocycles. The van der Waals surface area contributed by atoms with Crippen LogP contribution in [-0.2, 0) is 6.42 Å². The summed E-state index contributed by atoms with van der Waals surface area (Å²) in [6, 6.07) is 4.96. The molecule has 0 amide bonds. The normalized spacial score (nSPS) is 14.7. The Hall–Kier alpha value is -0.410. The lowest BCUT2D eigenvalue weighted by molar-refractivity contribution is 0.357. The van der Waals surface area contributed by atoms with E-state index >= 15 is 0 Å². The van der Waals surface area contributed by atoms with Crippen LogP contribution in [0.4, 0.5) is 4.39 Å². The van der Waals surface area contributed by atoms with E-state index in [1.165, 1.54) is 11.6 Å². The van der Waals surface area contributed by atoms with Crippen LogP contribution in [0.5, 0.6) is 0 Å². The zero-order valence-corrected chi connectivity index (χ0v) is 13.9. The largest absolute Gasteiger partial charge is 0.316 e. The highest BCUT2D eigenvalue weighted by Crippen LogP contribution is 2.24. The molecule has 3 heteroatoms. The molecule has 19 heavy (non-hydrogen) atoms. The zero-order chi connectivity index (χ0) is 14.4. The molecule has 2 unspecified atom stereocenters. The van der Waals surface area contributed by atoms with E-state index in [9.17, 15) is 4.39 Å². The Morgan fingerprint density at radius 2 is 1.79 bits per heavy atom. The number of halogens is 2. The van der Waals surface area contributed by atoms with Crippen LogP contribution in [0.1, 0.15) is 33.3 Å². The standard InChI is InChI=1S/C16H25BrFN/c1-11(2)9-19-10-13(4)12(3)7-14-5-6-15(18)8-16(14)17/h5-6,8,11-13,19H,7,9-10H2,1-4H3. The summed E-state index contributed by atoms with van der Waals surface area (Å²) >= 11 is 3.44. The fraction of sp³-hybridized carbons (Fsp3) is 0.625. The number of hydrogen-bond donors (Lipinski definition) is 1. The van der Waals surface area contributed by atoms with Crippen LogP contribution in [0.15, 0.2) is 22.7 Å². The van der Waals surface area contributed by atoms with Crippen LogP contribution in [0.2, 0.25) is 0 Å². The minimum Gasteiger partial charge on any atom is -0.316 e. The average molecular weight is 330 g/mol. The van der Waals surface area contributed by atoms with Gasteiger partial charge < -0.3 is 5.32 Å². The lowest BCUT2D eigenvalue weighted by Gasteiger charge is -2.21. The third kappa shape index (κ3) is 6.05. The van der Waals surface area contributed by atoms with Gasteiger partial charge in [0, 0.05) is 4.47 Å². The molecule has 1 aromatic rings. The van der Waals surface area contributed by atoms with Crippen molar-refractivity contribution >= 4 is 15.9 Å². The van der Waals surface area contributed by atoms with Crippen molar-refractivity contribution in [2.24, 2.45) is 17.8 Å². The van der Waals surface area contributed by atoms with Crippen LogP contribution < -0.4 is 5.32 Å². The summed E-state index contributed by atoms with van der Waals surface area (Å²) in [5.41, 5.74) is 1.18. The summed E-state index contributed by atoms with van der Waals surface area (Å²) < 4.78 is 13.9. The predicted molar refractivity (Wildman–Crippen MR) is 83.8 cm³/mol. The van der Waals surface area contributed by atoms with Crippen LogP contribution in [0, 0.1) is 23.6 Å².